The molecule has 29 heavy (non-hydrogen) atoms. The minimum absolute atomic E-state index is 0. The van der Waals surface area contributed by atoms with E-state index in [1.165, 1.54) is 16.7 Å². The van der Waals surface area contributed by atoms with Gasteiger partial charge >= 0.3 is 18.9 Å². The summed E-state index contributed by atoms with van der Waals surface area (Å²) in [7, 11) is 0. The second-order valence-electron chi connectivity index (χ2n) is 6.78. The summed E-state index contributed by atoms with van der Waals surface area (Å²) >= 11 is 0. The number of nitrogens with zero attached hydrogens (tertiary/aromatic N) is 4. The Bertz CT molecular complexity index is 1210. The molecule has 0 unspecified atom stereocenters. The zero-order valence-corrected chi connectivity index (χ0v) is 16.3. The van der Waals surface area contributed by atoms with E-state index in [-0.39, 0.29) is 18.9 Å². The van der Waals surface area contributed by atoms with Gasteiger partial charge in [-0.2, -0.15) is 0 Å². The van der Waals surface area contributed by atoms with Crippen LogP contribution < -0.4 is 18.9 Å². The number of para-hydroxylation sites is 1. The van der Waals surface area contributed by atoms with Gasteiger partial charge in [0.05, 0.1) is 5.52 Å². The van der Waals surface area contributed by atoms with E-state index in [0.29, 0.717) is 0 Å². The van der Waals surface area contributed by atoms with E-state index in [4.69, 9.17) is 0 Å². The van der Waals surface area contributed by atoms with Gasteiger partial charge in [-0.25, -0.2) is 0 Å². The Morgan fingerprint density at radius 1 is 0.759 bits per heavy atom. The smallest absolute Gasteiger partial charge is 0.365 e. The average molecular weight is 370 g/mol. The maximum absolute atomic E-state index is 4.32. The van der Waals surface area contributed by atoms with Crippen LogP contribution in [0.25, 0.3) is 22.2 Å². The quantitative estimate of drug-likeness (QED) is 0.351. The van der Waals surface area contributed by atoms with Gasteiger partial charge in [0.1, 0.15) is 0 Å². The predicted octanol–water partition coefficient (Wildman–Crippen LogP) is 2.01. The largest absolute Gasteiger partial charge is 1.00 e. The zero-order chi connectivity index (χ0) is 18.8. The van der Waals surface area contributed by atoms with Crippen molar-refractivity contribution in [2.45, 2.75) is 6.54 Å². The summed E-state index contributed by atoms with van der Waals surface area (Å²) in [4.78, 5) is 0. The fourth-order valence-corrected chi connectivity index (χ4v) is 3.45. The van der Waals surface area contributed by atoms with Crippen LogP contribution in [0.5, 0.6) is 0 Å². The molecule has 5 rings (SSSR count). The summed E-state index contributed by atoms with van der Waals surface area (Å²) in [5.41, 5.74) is 6.62. The Hall–Kier alpha value is -3.19. The van der Waals surface area contributed by atoms with E-state index in [1.807, 2.05) is 47.6 Å². The monoisotopic (exact) mass is 370 g/mol. The van der Waals surface area contributed by atoms with Crippen LogP contribution in [-0.4, -0.2) is 19.6 Å². The summed E-state index contributed by atoms with van der Waals surface area (Å²) in [5, 5.41) is 8.58. The maximum atomic E-state index is 4.32. The minimum Gasteiger partial charge on any atom is -0.365 e. The van der Waals surface area contributed by atoms with Crippen molar-refractivity contribution in [3.63, 3.8) is 0 Å². The van der Waals surface area contributed by atoms with Crippen LogP contribution in [-0.2, 0) is 6.54 Å². The molecule has 5 aromatic rings. The maximum Gasteiger partial charge on any atom is 1.00 e. The molecular formula is C24H19LiN4. The van der Waals surface area contributed by atoms with Crippen molar-refractivity contribution in [1.82, 2.24) is 19.6 Å². The minimum atomic E-state index is 0. The number of hydrogen-bond donors (Lipinski definition) is 0. The molecule has 0 aliphatic heterocycles. The molecule has 2 aromatic heterocycles. The van der Waals surface area contributed by atoms with Crippen LogP contribution in [0.4, 0.5) is 0 Å². The van der Waals surface area contributed by atoms with Gasteiger partial charge in [-0.15, -0.1) is 11.2 Å². The van der Waals surface area contributed by atoms with Crippen LogP contribution >= 0.6 is 0 Å². The Kier molecular flexibility index (Phi) is 5.57. The fraction of sp³-hybridized carbons (Fsp3) is 0.0417. The number of fused-ring (bicyclic) bond motifs is 1. The van der Waals surface area contributed by atoms with E-state index < -0.39 is 0 Å². The molecule has 0 spiro atoms. The summed E-state index contributed by atoms with van der Waals surface area (Å²) in [5.74, 6) is 0. The first-order valence-electron chi connectivity index (χ1n) is 9.31. The van der Waals surface area contributed by atoms with Crippen molar-refractivity contribution >= 4 is 11.0 Å². The normalized spacial score (nSPS) is 10.6. The standard InChI is InChI=1S/C24H19N4.Li/c1-3-9-19(10-4-1)16-27-17-21(20-11-5-2-6-12-20)15-22(27)18-28-24-14-8-7-13-23(24)25-26-28;/h1-15,17-18H,16H2;/q-1;+1. The van der Waals surface area contributed by atoms with Crippen LogP contribution in [0.1, 0.15) is 11.3 Å². The molecule has 0 bridgehead atoms. The summed E-state index contributed by atoms with van der Waals surface area (Å²) in [6, 6.07) is 31.1. The molecule has 136 valence electrons. The van der Waals surface area contributed by atoms with E-state index in [9.17, 15) is 0 Å². The van der Waals surface area contributed by atoms with Crippen molar-refractivity contribution in [1.29, 1.82) is 0 Å². The molecular weight excluding hydrogens is 351 g/mol. The van der Waals surface area contributed by atoms with Crippen LogP contribution in [0.15, 0.2) is 97.2 Å². The summed E-state index contributed by atoms with van der Waals surface area (Å²) in [6.07, 6.45) is 2.20. The van der Waals surface area contributed by atoms with Crippen molar-refractivity contribution in [2.24, 2.45) is 0 Å². The molecule has 0 atom stereocenters. The molecule has 0 fully saturated rings. The number of aromatic nitrogens is 4. The number of benzene rings is 3. The second-order valence-corrected chi connectivity index (χ2v) is 6.78. The SMILES string of the molecule is [Li+].c1ccc(Cn2cc(-c3ccccc3)cc2[CH-]n2nnc3ccccc32)cc1. The van der Waals surface area contributed by atoms with Crippen LogP contribution in [0.3, 0.4) is 0 Å². The van der Waals surface area contributed by atoms with Crippen LogP contribution in [0.2, 0.25) is 0 Å². The first kappa shape index (κ1) is 19.1. The van der Waals surface area contributed by atoms with Crippen molar-refractivity contribution in [3.05, 3.63) is 115 Å². The Morgan fingerprint density at radius 3 is 2.24 bits per heavy atom. The van der Waals surface area contributed by atoms with Gasteiger partial charge in [-0.05, 0) is 34.6 Å². The molecule has 0 saturated heterocycles. The Morgan fingerprint density at radius 2 is 1.45 bits per heavy atom. The first-order chi connectivity index (χ1) is 13.9. The third kappa shape index (κ3) is 4.00. The first-order valence-corrected chi connectivity index (χ1v) is 9.31. The molecule has 5 heteroatoms. The number of rotatable bonds is 5. The van der Waals surface area contributed by atoms with Gasteiger partial charge in [0.2, 0.25) is 0 Å². The molecule has 3 aromatic carbocycles. The Balaban J connectivity index is 0.00000205. The van der Waals surface area contributed by atoms with Crippen molar-refractivity contribution in [3.8, 4) is 11.1 Å². The van der Waals surface area contributed by atoms with E-state index in [0.717, 1.165) is 23.3 Å². The third-order valence-electron chi connectivity index (χ3n) is 4.86. The average Bonchev–Trinajstić information content (AvgIpc) is 3.34. The molecule has 0 radical (unpaired) electrons. The van der Waals surface area contributed by atoms with Crippen molar-refractivity contribution in [2.75, 3.05) is 0 Å². The van der Waals surface area contributed by atoms with Crippen LogP contribution in [0, 0.1) is 6.54 Å². The fourth-order valence-electron chi connectivity index (χ4n) is 3.45. The molecule has 2 heterocycles. The Labute approximate surface area is 182 Å². The molecule has 0 aliphatic rings. The van der Waals surface area contributed by atoms with E-state index in [2.05, 4.69) is 75.7 Å². The van der Waals surface area contributed by atoms with Gasteiger partial charge in [0.15, 0.2) is 0 Å². The van der Waals surface area contributed by atoms with Gasteiger partial charge in [0.25, 0.3) is 0 Å². The van der Waals surface area contributed by atoms with Gasteiger partial charge in [0, 0.05) is 6.54 Å². The van der Waals surface area contributed by atoms with Gasteiger partial charge in [-0.3, -0.25) is 0 Å². The molecule has 0 N–H and O–H groups in total. The van der Waals surface area contributed by atoms with Gasteiger partial charge in [-0.1, -0.05) is 96.2 Å². The van der Waals surface area contributed by atoms with Crippen molar-refractivity contribution < 1.29 is 18.9 Å². The zero-order valence-electron chi connectivity index (χ0n) is 16.3. The van der Waals surface area contributed by atoms with E-state index in [1.54, 1.807) is 0 Å². The molecule has 0 amide bonds. The summed E-state index contributed by atoms with van der Waals surface area (Å²) in [6.45, 7) is 2.84. The number of hydrogen-bond acceptors (Lipinski definition) is 2. The summed E-state index contributed by atoms with van der Waals surface area (Å²) < 4.78 is 4.11. The molecule has 4 nitrogen and oxygen atoms in total. The third-order valence-corrected chi connectivity index (χ3v) is 4.86. The van der Waals surface area contributed by atoms with E-state index >= 15 is 0 Å². The van der Waals surface area contributed by atoms with Gasteiger partial charge < -0.3 is 9.25 Å². The predicted molar refractivity (Wildman–Crippen MR) is 112 cm³/mol. The molecule has 0 saturated carbocycles. The topological polar surface area (TPSA) is 35.6 Å². The molecule has 0 aliphatic carbocycles. The second kappa shape index (κ2) is 8.44.